The molecule has 0 atom stereocenters. The molecule has 0 aliphatic carbocycles. The molecule has 3 nitrogen and oxygen atoms in total. The van der Waals surface area contributed by atoms with Crippen molar-refractivity contribution in [2.45, 2.75) is 5.88 Å². The number of carbonyl (C=O) groups excluding carboxylic acids is 1. The summed E-state index contributed by atoms with van der Waals surface area (Å²) in [5.74, 6) is 1.19. The highest BCUT2D eigenvalue weighted by molar-refractivity contribution is 6.16. The molecule has 14 heavy (non-hydrogen) atoms. The van der Waals surface area contributed by atoms with E-state index in [1.807, 2.05) is 17.7 Å². The summed E-state index contributed by atoms with van der Waals surface area (Å²) in [5.41, 5.74) is 2.44. The van der Waals surface area contributed by atoms with E-state index in [2.05, 4.69) is 4.98 Å². The van der Waals surface area contributed by atoms with Gasteiger partial charge in [0.15, 0.2) is 0 Å². The quantitative estimate of drug-likeness (QED) is 0.560. The molecule has 0 saturated carbocycles. The Morgan fingerprint density at radius 2 is 2.36 bits per heavy atom. The van der Waals surface area contributed by atoms with Crippen LogP contribution in [0.4, 0.5) is 0 Å². The lowest BCUT2D eigenvalue weighted by atomic mass is 10.2. The number of rotatable bonds is 2. The molecule has 0 aliphatic rings. The second kappa shape index (κ2) is 3.42. The fraction of sp³-hybridized carbons (Fsp3) is 0.200. The zero-order valence-electron chi connectivity index (χ0n) is 7.70. The van der Waals surface area contributed by atoms with Crippen molar-refractivity contribution in [2.75, 3.05) is 0 Å². The van der Waals surface area contributed by atoms with E-state index < -0.39 is 0 Å². The van der Waals surface area contributed by atoms with Crippen molar-refractivity contribution in [1.82, 2.24) is 9.55 Å². The van der Waals surface area contributed by atoms with Gasteiger partial charge >= 0.3 is 0 Å². The number of aldehydes is 1. The third kappa shape index (κ3) is 1.30. The predicted octanol–water partition coefficient (Wildman–Crippen LogP) is 2.12. The summed E-state index contributed by atoms with van der Waals surface area (Å²) in [4.78, 5) is 14.9. The SMILES string of the molecule is Cn1c(CCl)nc2cc(C=O)ccc21. The second-order valence-corrected chi connectivity index (χ2v) is 3.35. The number of nitrogens with zero attached hydrogens (tertiary/aromatic N) is 2. The van der Waals surface area contributed by atoms with Gasteiger partial charge in [-0.25, -0.2) is 4.98 Å². The van der Waals surface area contributed by atoms with Crippen LogP contribution < -0.4 is 0 Å². The smallest absolute Gasteiger partial charge is 0.150 e. The lowest BCUT2D eigenvalue weighted by Crippen LogP contribution is -1.93. The van der Waals surface area contributed by atoms with Crippen LogP contribution >= 0.6 is 11.6 Å². The van der Waals surface area contributed by atoms with Crippen molar-refractivity contribution in [1.29, 1.82) is 0 Å². The Kier molecular flexibility index (Phi) is 2.25. The number of hydrogen-bond donors (Lipinski definition) is 0. The third-order valence-electron chi connectivity index (χ3n) is 2.25. The normalized spacial score (nSPS) is 10.7. The van der Waals surface area contributed by atoms with Crippen LogP contribution in [0.5, 0.6) is 0 Å². The molecule has 2 aromatic rings. The summed E-state index contributed by atoms with van der Waals surface area (Å²) < 4.78 is 1.93. The number of benzene rings is 1. The highest BCUT2D eigenvalue weighted by Gasteiger charge is 2.06. The average Bonchev–Trinajstić information content (AvgIpc) is 2.55. The zero-order valence-corrected chi connectivity index (χ0v) is 8.45. The Labute approximate surface area is 86.3 Å². The number of alkyl halides is 1. The number of aromatic nitrogens is 2. The summed E-state index contributed by atoms with van der Waals surface area (Å²) in [7, 11) is 1.91. The molecule has 0 unspecified atom stereocenters. The summed E-state index contributed by atoms with van der Waals surface area (Å²) in [6, 6.07) is 5.41. The topological polar surface area (TPSA) is 34.9 Å². The second-order valence-electron chi connectivity index (χ2n) is 3.09. The van der Waals surface area contributed by atoms with Crippen molar-refractivity contribution < 1.29 is 4.79 Å². The minimum atomic E-state index is 0.377. The van der Waals surface area contributed by atoms with Crippen molar-refractivity contribution in [2.24, 2.45) is 7.05 Å². The molecule has 0 aliphatic heterocycles. The van der Waals surface area contributed by atoms with Crippen molar-refractivity contribution in [3.63, 3.8) is 0 Å². The molecule has 0 bridgehead atoms. The zero-order chi connectivity index (χ0) is 10.1. The molecule has 0 saturated heterocycles. The molecule has 2 rings (SSSR count). The third-order valence-corrected chi connectivity index (χ3v) is 2.49. The van der Waals surface area contributed by atoms with Gasteiger partial charge in [0, 0.05) is 12.6 Å². The summed E-state index contributed by atoms with van der Waals surface area (Å²) >= 11 is 5.72. The first kappa shape index (κ1) is 9.21. The van der Waals surface area contributed by atoms with E-state index in [-0.39, 0.29) is 0 Å². The monoisotopic (exact) mass is 208 g/mol. The standard InChI is InChI=1S/C10H9ClN2O/c1-13-9-3-2-7(6-14)4-8(9)12-10(13)5-11/h2-4,6H,5H2,1H3. The van der Waals surface area contributed by atoms with Crippen LogP contribution in [0, 0.1) is 0 Å². The van der Waals surface area contributed by atoms with Crippen LogP contribution in [0.15, 0.2) is 18.2 Å². The van der Waals surface area contributed by atoms with Crippen LogP contribution in [0.25, 0.3) is 11.0 Å². The first-order valence-corrected chi connectivity index (χ1v) is 4.76. The molecule has 0 amide bonds. The maximum Gasteiger partial charge on any atom is 0.150 e. The van der Waals surface area contributed by atoms with Gasteiger partial charge in [0.25, 0.3) is 0 Å². The Bertz CT molecular complexity index is 490. The van der Waals surface area contributed by atoms with Gasteiger partial charge < -0.3 is 4.57 Å². The number of fused-ring (bicyclic) bond motifs is 1. The predicted molar refractivity (Wildman–Crippen MR) is 55.7 cm³/mol. The minimum Gasteiger partial charge on any atom is -0.330 e. The Balaban J connectivity index is 2.72. The highest BCUT2D eigenvalue weighted by atomic mass is 35.5. The first-order chi connectivity index (χ1) is 6.76. The summed E-state index contributed by atoms with van der Waals surface area (Å²) in [6.07, 6.45) is 0.814. The largest absolute Gasteiger partial charge is 0.330 e. The van der Waals surface area contributed by atoms with E-state index in [1.165, 1.54) is 0 Å². The van der Waals surface area contributed by atoms with E-state index in [0.717, 1.165) is 23.1 Å². The van der Waals surface area contributed by atoms with E-state index in [0.29, 0.717) is 11.4 Å². The van der Waals surface area contributed by atoms with Gasteiger partial charge in [-0.3, -0.25) is 4.79 Å². The van der Waals surface area contributed by atoms with Crippen molar-refractivity contribution in [3.8, 4) is 0 Å². The van der Waals surface area contributed by atoms with E-state index >= 15 is 0 Å². The number of hydrogen-bond acceptors (Lipinski definition) is 2. The maximum absolute atomic E-state index is 10.6. The molecular weight excluding hydrogens is 200 g/mol. The highest BCUT2D eigenvalue weighted by Crippen LogP contribution is 2.16. The van der Waals surface area contributed by atoms with Crippen LogP contribution in [-0.2, 0) is 12.9 Å². The molecule has 4 heteroatoms. The van der Waals surface area contributed by atoms with E-state index in [1.54, 1.807) is 12.1 Å². The molecule has 0 fully saturated rings. The lowest BCUT2D eigenvalue weighted by Gasteiger charge is -1.96. The Hall–Kier alpha value is -1.35. The van der Waals surface area contributed by atoms with E-state index in [9.17, 15) is 4.79 Å². The van der Waals surface area contributed by atoms with Gasteiger partial charge in [0.2, 0.25) is 0 Å². The van der Waals surface area contributed by atoms with Crippen LogP contribution in [0.1, 0.15) is 16.2 Å². The fourth-order valence-corrected chi connectivity index (χ4v) is 1.70. The summed E-state index contributed by atoms with van der Waals surface area (Å²) in [5, 5.41) is 0. The molecule has 0 spiro atoms. The first-order valence-electron chi connectivity index (χ1n) is 4.22. The Morgan fingerprint density at radius 1 is 1.57 bits per heavy atom. The van der Waals surface area contributed by atoms with Crippen LogP contribution in [0.2, 0.25) is 0 Å². The molecule has 0 N–H and O–H groups in total. The average molecular weight is 209 g/mol. The number of aryl methyl sites for hydroxylation is 1. The molecule has 1 aromatic heterocycles. The number of imidazole rings is 1. The van der Waals surface area contributed by atoms with Gasteiger partial charge in [-0.2, -0.15) is 0 Å². The van der Waals surface area contributed by atoms with Crippen molar-refractivity contribution >= 4 is 28.9 Å². The Morgan fingerprint density at radius 3 is 3.00 bits per heavy atom. The van der Waals surface area contributed by atoms with Crippen molar-refractivity contribution in [3.05, 3.63) is 29.6 Å². The van der Waals surface area contributed by atoms with Crippen LogP contribution in [-0.4, -0.2) is 15.8 Å². The maximum atomic E-state index is 10.6. The fourth-order valence-electron chi connectivity index (χ4n) is 1.46. The number of halogens is 1. The molecule has 1 aromatic carbocycles. The van der Waals surface area contributed by atoms with Gasteiger partial charge in [-0.15, -0.1) is 11.6 Å². The molecule has 0 radical (unpaired) electrons. The van der Waals surface area contributed by atoms with Gasteiger partial charge in [0.05, 0.1) is 16.9 Å². The van der Waals surface area contributed by atoms with E-state index in [4.69, 9.17) is 11.6 Å². The van der Waals surface area contributed by atoms with Gasteiger partial charge in [0.1, 0.15) is 12.1 Å². The lowest BCUT2D eigenvalue weighted by molar-refractivity contribution is 0.112. The summed E-state index contributed by atoms with van der Waals surface area (Å²) in [6.45, 7) is 0. The number of carbonyl (C=O) groups is 1. The molecular formula is C10H9ClN2O. The van der Waals surface area contributed by atoms with Gasteiger partial charge in [-0.05, 0) is 18.2 Å². The molecule has 72 valence electrons. The van der Waals surface area contributed by atoms with Crippen LogP contribution in [0.3, 0.4) is 0 Å². The van der Waals surface area contributed by atoms with Gasteiger partial charge in [-0.1, -0.05) is 0 Å². The molecule has 1 heterocycles. The minimum absolute atomic E-state index is 0.377.